The van der Waals surface area contributed by atoms with Gasteiger partial charge in [-0.2, -0.15) is 0 Å². The fourth-order valence-electron chi connectivity index (χ4n) is 1.40. The zero-order valence-corrected chi connectivity index (χ0v) is 10.7. The van der Waals surface area contributed by atoms with Crippen LogP contribution in [0.1, 0.15) is 12.8 Å². The molecule has 0 heterocycles. The number of carbonyl (C=O) groups is 1. The van der Waals surface area contributed by atoms with E-state index in [0.717, 1.165) is 24.4 Å². The summed E-state index contributed by atoms with van der Waals surface area (Å²) in [7, 11) is 5.20. The van der Waals surface area contributed by atoms with Gasteiger partial charge in [-0.25, -0.2) is 0 Å². The van der Waals surface area contributed by atoms with Gasteiger partial charge in [-0.15, -0.1) is 0 Å². The molecule has 1 aromatic carbocycles. The monoisotopic (exact) mass is 236 g/mol. The lowest BCUT2D eigenvalue weighted by Crippen LogP contribution is -2.21. The summed E-state index contributed by atoms with van der Waals surface area (Å²) in [5, 5.41) is 3.26. The van der Waals surface area contributed by atoms with Gasteiger partial charge in [0.25, 0.3) is 0 Å². The third kappa shape index (κ3) is 4.76. The van der Waals surface area contributed by atoms with Crippen molar-refractivity contribution in [1.82, 2.24) is 4.90 Å². The standard InChI is InChI=1S/C13H20N2O2/c1-15(2)13(16)5-4-10-14-11-6-8-12(17-3)9-7-11/h6-9,14H,4-5,10H2,1-3H3. The van der Waals surface area contributed by atoms with Gasteiger partial charge in [0.15, 0.2) is 0 Å². The maximum Gasteiger partial charge on any atom is 0.222 e. The van der Waals surface area contributed by atoms with Crippen LogP contribution in [0.25, 0.3) is 0 Å². The van der Waals surface area contributed by atoms with Crippen LogP contribution in [0.5, 0.6) is 5.75 Å². The molecule has 17 heavy (non-hydrogen) atoms. The van der Waals surface area contributed by atoms with Crippen LogP contribution >= 0.6 is 0 Å². The Morgan fingerprint density at radius 2 is 1.94 bits per heavy atom. The first-order chi connectivity index (χ1) is 8.13. The topological polar surface area (TPSA) is 41.6 Å². The van der Waals surface area contributed by atoms with Crippen LogP contribution in [0.15, 0.2) is 24.3 Å². The van der Waals surface area contributed by atoms with Crippen molar-refractivity contribution in [2.45, 2.75) is 12.8 Å². The van der Waals surface area contributed by atoms with E-state index in [0.29, 0.717) is 6.42 Å². The molecule has 0 atom stereocenters. The number of methoxy groups -OCH3 is 1. The van der Waals surface area contributed by atoms with Gasteiger partial charge < -0.3 is 15.0 Å². The lowest BCUT2D eigenvalue weighted by molar-refractivity contribution is -0.128. The van der Waals surface area contributed by atoms with Gasteiger partial charge in [-0.3, -0.25) is 4.79 Å². The quantitative estimate of drug-likeness (QED) is 0.768. The highest BCUT2D eigenvalue weighted by Crippen LogP contribution is 2.14. The predicted octanol–water partition coefficient (Wildman–Crippen LogP) is 1.98. The number of hydrogen-bond acceptors (Lipinski definition) is 3. The van der Waals surface area contributed by atoms with Crippen LogP contribution in [0, 0.1) is 0 Å². The number of anilines is 1. The first-order valence-corrected chi connectivity index (χ1v) is 5.71. The van der Waals surface area contributed by atoms with Crippen molar-refractivity contribution in [3.05, 3.63) is 24.3 Å². The highest BCUT2D eigenvalue weighted by molar-refractivity contribution is 5.75. The Morgan fingerprint density at radius 3 is 2.47 bits per heavy atom. The maximum absolute atomic E-state index is 11.3. The van der Waals surface area contributed by atoms with Crippen molar-refractivity contribution in [2.75, 3.05) is 33.1 Å². The minimum absolute atomic E-state index is 0.168. The average molecular weight is 236 g/mol. The summed E-state index contributed by atoms with van der Waals surface area (Å²) in [6, 6.07) is 7.75. The molecule has 1 rings (SSSR count). The van der Waals surface area contributed by atoms with Crippen LogP contribution in [-0.2, 0) is 4.79 Å². The van der Waals surface area contributed by atoms with Crippen molar-refractivity contribution in [3.63, 3.8) is 0 Å². The Morgan fingerprint density at radius 1 is 1.29 bits per heavy atom. The molecule has 0 saturated heterocycles. The lowest BCUT2D eigenvalue weighted by atomic mass is 10.2. The van der Waals surface area contributed by atoms with E-state index < -0.39 is 0 Å². The van der Waals surface area contributed by atoms with Crippen LogP contribution in [-0.4, -0.2) is 38.6 Å². The average Bonchev–Trinajstić information content (AvgIpc) is 2.35. The molecule has 1 amide bonds. The SMILES string of the molecule is COc1ccc(NCCCC(=O)N(C)C)cc1. The smallest absolute Gasteiger partial charge is 0.222 e. The van der Waals surface area contributed by atoms with E-state index in [1.807, 2.05) is 24.3 Å². The zero-order chi connectivity index (χ0) is 12.7. The number of ether oxygens (including phenoxy) is 1. The largest absolute Gasteiger partial charge is 0.497 e. The molecule has 0 aromatic heterocycles. The number of hydrogen-bond donors (Lipinski definition) is 1. The van der Waals surface area contributed by atoms with E-state index in [2.05, 4.69) is 5.32 Å². The van der Waals surface area contributed by atoms with Crippen LogP contribution in [0.2, 0.25) is 0 Å². The summed E-state index contributed by atoms with van der Waals surface area (Å²) in [4.78, 5) is 12.9. The molecule has 0 fully saturated rings. The Labute approximate surface area is 103 Å². The molecule has 0 bridgehead atoms. The molecule has 0 aliphatic rings. The maximum atomic E-state index is 11.3. The van der Waals surface area contributed by atoms with Gasteiger partial charge in [-0.05, 0) is 30.7 Å². The summed E-state index contributed by atoms with van der Waals surface area (Å²) in [6.45, 7) is 0.798. The van der Waals surface area contributed by atoms with Crippen molar-refractivity contribution in [2.24, 2.45) is 0 Å². The summed E-state index contributed by atoms with van der Waals surface area (Å²) >= 11 is 0. The van der Waals surface area contributed by atoms with Crippen molar-refractivity contribution >= 4 is 11.6 Å². The summed E-state index contributed by atoms with van der Waals surface area (Å²) in [6.07, 6.45) is 1.42. The minimum atomic E-state index is 0.168. The number of rotatable bonds is 6. The fourth-order valence-corrected chi connectivity index (χ4v) is 1.40. The van der Waals surface area contributed by atoms with E-state index in [9.17, 15) is 4.79 Å². The number of carbonyl (C=O) groups excluding carboxylic acids is 1. The number of nitrogens with one attached hydrogen (secondary N) is 1. The third-order valence-electron chi connectivity index (χ3n) is 2.49. The van der Waals surface area contributed by atoms with E-state index in [4.69, 9.17) is 4.74 Å². The first kappa shape index (κ1) is 13.4. The predicted molar refractivity (Wildman–Crippen MR) is 69.4 cm³/mol. The Kier molecular flexibility index (Phi) is 5.33. The van der Waals surface area contributed by atoms with Crippen molar-refractivity contribution in [1.29, 1.82) is 0 Å². The normalized spacial score (nSPS) is 9.82. The summed E-state index contributed by atoms with van der Waals surface area (Å²) < 4.78 is 5.07. The van der Waals surface area contributed by atoms with E-state index in [-0.39, 0.29) is 5.91 Å². The highest BCUT2D eigenvalue weighted by Gasteiger charge is 2.02. The number of nitrogens with zero attached hydrogens (tertiary/aromatic N) is 1. The number of benzene rings is 1. The second-order valence-corrected chi connectivity index (χ2v) is 4.05. The fraction of sp³-hybridized carbons (Fsp3) is 0.462. The molecule has 1 N–H and O–H groups in total. The summed E-state index contributed by atoms with van der Waals surface area (Å²) in [5.74, 6) is 1.01. The van der Waals surface area contributed by atoms with Crippen molar-refractivity contribution < 1.29 is 9.53 Å². The van der Waals surface area contributed by atoms with Crippen LogP contribution in [0.3, 0.4) is 0 Å². The van der Waals surface area contributed by atoms with Gasteiger partial charge in [0.2, 0.25) is 5.91 Å². The number of amides is 1. The molecule has 0 unspecified atom stereocenters. The molecule has 0 saturated carbocycles. The molecule has 0 aliphatic carbocycles. The van der Waals surface area contributed by atoms with Crippen molar-refractivity contribution in [3.8, 4) is 5.75 Å². The second kappa shape index (κ2) is 6.78. The van der Waals surface area contributed by atoms with Crippen LogP contribution in [0.4, 0.5) is 5.69 Å². The highest BCUT2D eigenvalue weighted by atomic mass is 16.5. The molecule has 4 heteroatoms. The zero-order valence-electron chi connectivity index (χ0n) is 10.7. The van der Waals surface area contributed by atoms with Crippen LogP contribution < -0.4 is 10.1 Å². The minimum Gasteiger partial charge on any atom is -0.497 e. The molecular weight excluding hydrogens is 216 g/mol. The molecule has 0 radical (unpaired) electrons. The molecule has 4 nitrogen and oxygen atoms in total. The van der Waals surface area contributed by atoms with E-state index >= 15 is 0 Å². The van der Waals surface area contributed by atoms with Gasteiger partial charge in [0, 0.05) is 32.7 Å². The molecule has 0 spiro atoms. The molecule has 1 aromatic rings. The van der Waals surface area contributed by atoms with Gasteiger partial charge in [0.05, 0.1) is 7.11 Å². The Bertz CT molecular complexity index is 347. The summed E-state index contributed by atoms with van der Waals surface area (Å²) in [5.41, 5.74) is 1.04. The van der Waals surface area contributed by atoms with Gasteiger partial charge in [0.1, 0.15) is 5.75 Å². The molecule has 0 aliphatic heterocycles. The second-order valence-electron chi connectivity index (χ2n) is 4.05. The van der Waals surface area contributed by atoms with E-state index in [1.165, 1.54) is 0 Å². The molecule has 94 valence electrons. The Hall–Kier alpha value is -1.71. The lowest BCUT2D eigenvalue weighted by Gasteiger charge is -2.10. The van der Waals surface area contributed by atoms with Gasteiger partial charge in [-0.1, -0.05) is 0 Å². The first-order valence-electron chi connectivity index (χ1n) is 5.71. The van der Waals surface area contributed by atoms with Gasteiger partial charge >= 0.3 is 0 Å². The van der Waals surface area contributed by atoms with E-state index in [1.54, 1.807) is 26.1 Å². The Balaban J connectivity index is 2.24. The molecular formula is C13H20N2O2. The third-order valence-corrected chi connectivity index (χ3v) is 2.49.